The van der Waals surface area contributed by atoms with Crippen molar-refractivity contribution in [3.8, 4) is 5.75 Å². The molecule has 0 spiro atoms. The molecule has 1 heterocycles. The number of methoxy groups -OCH3 is 1. The van der Waals surface area contributed by atoms with Crippen LogP contribution < -0.4 is 10.5 Å². The molecule has 0 radical (unpaired) electrons. The molecule has 0 aliphatic rings. The fourth-order valence-corrected chi connectivity index (χ4v) is 2.35. The average molecular weight is 259 g/mol. The molecule has 0 saturated heterocycles. The maximum Gasteiger partial charge on any atom is 0.122 e. The van der Waals surface area contributed by atoms with Gasteiger partial charge in [-0.3, -0.25) is 0 Å². The lowest BCUT2D eigenvalue weighted by atomic mass is 10.1. The van der Waals surface area contributed by atoms with E-state index in [1.807, 2.05) is 24.4 Å². The van der Waals surface area contributed by atoms with Gasteiger partial charge in [-0.15, -0.1) is 0 Å². The first-order valence-corrected chi connectivity index (χ1v) is 6.65. The monoisotopic (exact) mass is 259 g/mol. The van der Waals surface area contributed by atoms with Crippen LogP contribution in [0.25, 0.3) is 0 Å². The van der Waals surface area contributed by atoms with Gasteiger partial charge in [-0.1, -0.05) is 18.2 Å². The average Bonchev–Trinajstić information content (AvgIpc) is 2.82. The number of rotatable bonds is 6. The van der Waals surface area contributed by atoms with Crippen LogP contribution in [0.1, 0.15) is 24.0 Å². The molecule has 1 aromatic heterocycles. The summed E-state index contributed by atoms with van der Waals surface area (Å²) < 4.78 is 7.62. The second-order valence-corrected chi connectivity index (χ2v) is 4.44. The van der Waals surface area contributed by atoms with Crippen molar-refractivity contribution >= 4 is 0 Å². The summed E-state index contributed by atoms with van der Waals surface area (Å²) in [6.45, 7) is 3.70. The van der Waals surface area contributed by atoms with Gasteiger partial charge in [-0.2, -0.15) is 0 Å². The van der Waals surface area contributed by atoms with Crippen LogP contribution >= 0.6 is 0 Å². The second-order valence-electron chi connectivity index (χ2n) is 4.44. The Balaban J connectivity index is 2.28. The van der Waals surface area contributed by atoms with Crippen LogP contribution in [0, 0.1) is 0 Å². The number of nitrogens with zero attached hydrogens (tertiary/aromatic N) is 2. The van der Waals surface area contributed by atoms with E-state index in [1.165, 1.54) is 5.69 Å². The largest absolute Gasteiger partial charge is 0.496 e. The predicted molar refractivity (Wildman–Crippen MR) is 76.5 cm³/mol. The fourth-order valence-electron chi connectivity index (χ4n) is 2.35. The number of nitrogens with two attached hydrogens (primary N) is 1. The van der Waals surface area contributed by atoms with E-state index in [4.69, 9.17) is 10.5 Å². The smallest absolute Gasteiger partial charge is 0.122 e. The Morgan fingerprint density at radius 2 is 2.11 bits per heavy atom. The summed E-state index contributed by atoms with van der Waals surface area (Å²) in [5, 5.41) is 0. The van der Waals surface area contributed by atoms with E-state index < -0.39 is 0 Å². The maximum atomic E-state index is 5.63. The summed E-state index contributed by atoms with van der Waals surface area (Å²) in [5.74, 6) is 1.98. The topological polar surface area (TPSA) is 53.1 Å². The van der Waals surface area contributed by atoms with Crippen molar-refractivity contribution in [1.29, 1.82) is 0 Å². The highest BCUT2D eigenvalue weighted by atomic mass is 16.5. The van der Waals surface area contributed by atoms with Gasteiger partial charge in [0.05, 0.1) is 7.11 Å². The summed E-state index contributed by atoms with van der Waals surface area (Å²) in [7, 11) is 1.70. The molecule has 0 fully saturated rings. The highest BCUT2D eigenvalue weighted by Gasteiger charge is 2.11. The molecule has 19 heavy (non-hydrogen) atoms. The number of imidazole rings is 1. The molecule has 1 aromatic carbocycles. The summed E-state index contributed by atoms with van der Waals surface area (Å²) in [6.07, 6.45) is 3.58. The quantitative estimate of drug-likeness (QED) is 0.863. The zero-order valence-electron chi connectivity index (χ0n) is 11.6. The number of ether oxygens (including phenoxy) is 1. The molecule has 0 saturated carbocycles. The van der Waals surface area contributed by atoms with Crippen LogP contribution in [0.2, 0.25) is 0 Å². The van der Waals surface area contributed by atoms with Crippen molar-refractivity contribution in [3.63, 3.8) is 0 Å². The van der Waals surface area contributed by atoms with Gasteiger partial charge in [0.15, 0.2) is 0 Å². The molecule has 0 aliphatic carbocycles. The van der Waals surface area contributed by atoms with Gasteiger partial charge in [-0.05, 0) is 19.5 Å². The van der Waals surface area contributed by atoms with E-state index in [9.17, 15) is 0 Å². The van der Waals surface area contributed by atoms with Gasteiger partial charge in [0, 0.05) is 36.8 Å². The Kier molecular flexibility index (Phi) is 4.58. The van der Waals surface area contributed by atoms with Crippen molar-refractivity contribution in [1.82, 2.24) is 9.55 Å². The molecule has 4 nitrogen and oxygen atoms in total. The highest BCUT2D eigenvalue weighted by Crippen LogP contribution is 2.21. The molecule has 2 rings (SSSR count). The highest BCUT2D eigenvalue weighted by molar-refractivity contribution is 5.35. The summed E-state index contributed by atoms with van der Waals surface area (Å²) in [5.41, 5.74) is 7.99. The van der Waals surface area contributed by atoms with Crippen molar-refractivity contribution in [2.75, 3.05) is 13.7 Å². The molecule has 0 aliphatic heterocycles. The maximum absolute atomic E-state index is 5.63. The first-order valence-electron chi connectivity index (χ1n) is 6.65. The standard InChI is InChI=1S/C15H21N3O/c1-3-18-13(8-9-16)11-17-15(18)10-12-6-4-5-7-14(12)19-2/h4-7,11H,3,8-10,16H2,1-2H3. The Morgan fingerprint density at radius 1 is 1.32 bits per heavy atom. The summed E-state index contributed by atoms with van der Waals surface area (Å²) >= 11 is 0. The summed E-state index contributed by atoms with van der Waals surface area (Å²) in [6, 6.07) is 8.07. The number of hydrogen-bond donors (Lipinski definition) is 1. The van der Waals surface area contributed by atoms with Crippen molar-refractivity contribution < 1.29 is 4.74 Å². The predicted octanol–water partition coefficient (Wildman–Crippen LogP) is 2.00. The molecule has 0 amide bonds. The van der Waals surface area contributed by atoms with Crippen LogP contribution in [0.3, 0.4) is 0 Å². The van der Waals surface area contributed by atoms with E-state index in [0.29, 0.717) is 6.54 Å². The molecule has 4 heteroatoms. The number of aromatic nitrogens is 2. The van der Waals surface area contributed by atoms with Gasteiger partial charge >= 0.3 is 0 Å². The van der Waals surface area contributed by atoms with Gasteiger partial charge in [0.2, 0.25) is 0 Å². The molecule has 102 valence electrons. The van der Waals surface area contributed by atoms with Crippen LogP contribution in [-0.2, 0) is 19.4 Å². The minimum Gasteiger partial charge on any atom is -0.496 e. The first kappa shape index (κ1) is 13.6. The molecular formula is C15H21N3O. The zero-order chi connectivity index (χ0) is 13.7. The SMILES string of the molecule is CCn1c(CCN)cnc1Cc1ccccc1OC. The Morgan fingerprint density at radius 3 is 2.79 bits per heavy atom. The lowest BCUT2D eigenvalue weighted by Gasteiger charge is -2.11. The van der Waals surface area contributed by atoms with E-state index >= 15 is 0 Å². The molecule has 0 unspecified atom stereocenters. The first-order chi connectivity index (χ1) is 9.30. The van der Waals surface area contributed by atoms with Crippen LogP contribution in [0.15, 0.2) is 30.5 Å². The number of benzene rings is 1. The second kappa shape index (κ2) is 6.38. The van der Waals surface area contributed by atoms with Gasteiger partial charge < -0.3 is 15.0 Å². The van der Waals surface area contributed by atoms with Crippen LogP contribution in [0.5, 0.6) is 5.75 Å². The normalized spacial score (nSPS) is 10.7. The van der Waals surface area contributed by atoms with Crippen molar-refractivity contribution in [2.45, 2.75) is 26.3 Å². The van der Waals surface area contributed by atoms with Gasteiger partial charge in [0.25, 0.3) is 0 Å². The van der Waals surface area contributed by atoms with E-state index in [-0.39, 0.29) is 0 Å². The van der Waals surface area contributed by atoms with E-state index in [0.717, 1.165) is 36.5 Å². The molecule has 2 aromatic rings. The zero-order valence-corrected chi connectivity index (χ0v) is 11.6. The van der Waals surface area contributed by atoms with Crippen molar-refractivity contribution in [2.24, 2.45) is 5.73 Å². The third-order valence-corrected chi connectivity index (χ3v) is 3.28. The third-order valence-electron chi connectivity index (χ3n) is 3.28. The molecule has 0 bridgehead atoms. The van der Waals surface area contributed by atoms with Gasteiger partial charge in [-0.25, -0.2) is 4.98 Å². The molecular weight excluding hydrogens is 238 g/mol. The number of hydrogen-bond acceptors (Lipinski definition) is 3. The third kappa shape index (κ3) is 2.96. The Hall–Kier alpha value is -1.81. The minimum atomic E-state index is 0.653. The van der Waals surface area contributed by atoms with Gasteiger partial charge in [0.1, 0.15) is 11.6 Å². The lowest BCUT2D eigenvalue weighted by Crippen LogP contribution is -2.11. The van der Waals surface area contributed by atoms with Crippen molar-refractivity contribution in [3.05, 3.63) is 47.5 Å². The molecule has 2 N–H and O–H groups in total. The van der Waals surface area contributed by atoms with Crippen LogP contribution in [0.4, 0.5) is 0 Å². The fraction of sp³-hybridized carbons (Fsp3) is 0.400. The minimum absolute atomic E-state index is 0.653. The Labute approximate surface area is 114 Å². The van der Waals surface area contributed by atoms with Crippen LogP contribution in [-0.4, -0.2) is 23.2 Å². The number of para-hydroxylation sites is 1. The van der Waals surface area contributed by atoms with E-state index in [1.54, 1.807) is 7.11 Å². The Bertz CT molecular complexity index is 534. The lowest BCUT2D eigenvalue weighted by molar-refractivity contribution is 0.410. The molecule has 0 atom stereocenters. The summed E-state index contributed by atoms with van der Waals surface area (Å²) in [4.78, 5) is 4.53. The van der Waals surface area contributed by atoms with E-state index in [2.05, 4.69) is 22.5 Å².